The van der Waals surface area contributed by atoms with Gasteiger partial charge < -0.3 is 5.32 Å². The van der Waals surface area contributed by atoms with Crippen LogP contribution in [0.25, 0.3) is 16.9 Å². The fourth-order valence-corrected chi connectivity index (χ4v) is 3.74. The van der Waals surface area contributed by atoms with Crippen LogP contribution in [-0.4, -0.2) is 36.0 Å². The lowest BCUT2D eigenvalue weighted by Crippen LogP contribution is -2.36. The number of halogens is 2. The van der Waals surface area contributed by atoms with Crippen molar-refractivity contribution < 1.29 is 14.1 Å². The van der Waals surface area contributed by atoms with E-state index in [0.29, 0.717) is 29.1 Å². The minimum atomic E-state index is -0.721. The lowest BCUT2D eigenvalue weighted by Gasteiger charge is -2.13. The van der Waals surface area contributed by atoms with Gasteiger partial charge in [-0.05, 0) is 31.2 Å². The molecule has 0 aliphatic rings. The maximum atomic E-state index is 14.0. The normalized spacial score (nSPS) is 11.8. The first-order valence-electron chi connectivity index (χ1n) is 10.1. The molecule has 0 aliphatic carbocycles. The summed E-state index contributed by atoms with van der Waals surface area (Å²) < 4.78 is 17.1. The van der Waals surface area contributed by atoms with E-state index in [1.165, 1.54) is 34.9 Å². The molecule has 12 heteroatoms. The van der Waals surface area contributed by atoms with Gasteiger partial charge in [-0.3, -0.25) is 24.0 Å². The van der Waals surface area contributed by atoms with Crippen LogP contribution < -0.4 is 5.32 Å². The van der Waals surface area contributed by atoms with Crippen molar-refractivity contribution in [3.63, 3.8) is 0 Å². The van der Waals surface area contributed by atoms with Gasteiger partial charge in [0.2, 0.25) is 5.91 Å². The Morgan fingerprint density at radius 3 is 2.85 bits per heavy atom. The smallest absolute Gasteiger partial charge is 0.286 e. The van der Waals surface area contributed by atoms with Crippen LogP contribution in [0.2, 0.25) is 5.02 Å². The summed E-state index contributed by atoms with van der Waals surface area (Å²) in [5.41, 5.74) is 1.60. The number of fused-ring (bicyclic) bond motifs is 1. The zero-order chi connectivity index (χ0) is 24.4. The molecule has 0 aliphatic heterocycles. The van der Waals surface area contributed by atoms with E-state index in [2.05, 4.69) is 15.4 Å². The first kappa shape index (κ1) is 22.9. The molecular weight excluding hydrogens is 465 g/mol. The van der Waals surface area contributed by atoms with Gasteiger partial charge in [0.25, 0.3) is 5.69 Å². The maximum Gasteiger partial charge on any atom is 0.286 e. The Bertz CT molecular complexity index is 1430. The third kappa shape index (κ3) is 4.87. The lowest BCUT2D eigenvalue weighted by atomic mass is 10.1. The summed E-state index contributed by atoms with van der Waals surface area (Å²) in [7, 11) is 0. The molecule has 0 unspecified atom stereocenters. The van der Waals surface area contributed by atoms with E-state index in [-0.39, 0.29) is 34.6 Å². The maximum absolute atomic E-state index is 14.0. The molecule has 0 spiro atoms. The number of nitrogens with one attached hydrogen (secondary N) is 1. The number of carbonyl (C=O) groups is 1. The summed E-state index contributed by atoms with van der Waals surface area (Å²) >= 11 is 5.97. The van der Waals surface area contributed by atoms with Gasteiger partial charge in [-0.25, -0.2) is 9.37 Å². The molecule has 172 valence electrons. The third-order valence-electron chi connectivity index (χ3n) is 5.00. The summed E-state index contributed by atoms with van der Waals surface area (Å²) in [4.78, 5) is 27.2. The minimum absolute atomic E-state index is 0.00713. The number of amides is 1. The van der Waals surface area contributed by atoms with Crippen molar-refractivity contribution in [2.45, 2.75) is 25.9 Å². The number of pyridine rings is 1. The number of aromatic nitrogens is 4. The fourth-order valence-electron chi connectivity index (χ4n) is 3.49. The number of benzene rings is 1. The Balaban J connectivity index is 1.38. The Hall–Kier alpha value is -4.30. The molecule has 1 amide bonds. The van der Waals surface area contributed by atoms with Gasteiger partial charge in [-0.2, -0.15) is 10.4 Å². The standard InChI is InChI=1S/C22H17ClFN7O3/c1-13(10-30-5-4-20(28-30)14-6-18(23)17(9-25)19(24)7-14)26-22(32)8-15-11-29-12-16(31(33)34)2-3-21(29)27-15/h2-7,11-13H,8,10H2,1H3,(H,26,32)/t13-/m0/s1. The highest BCUT2D eigenvalue weighted by Crippen LogP contribution is 2.26. The van der Waals surface area contributed by atoms with Crippen LogP contribution in [0.5, 0.6) is 0 Å². The van der Waals surface area contributed by atoms with Crippen molar-refractivity contribution >= 4 is 28.8 Å². The first-order chi connectivity index (χ1) is 16.2. The molecule has 0 bridgehead atoms. The van der Waals surface area contributed by atoms with Crippen molar-refractivity contribution in [3.05, 3.63) is 81.1 Å². The van der Waals surface area contributed by atoms with Crippen LogP contribution in [0, 0.1) is 27.3 Å². The van der Waals surface area contributed by atoms with E-state index >= 15 is 0 Å². The summed E-state index contributed by atoms with van der Waals surface area (Å²) in [5, 5.41) is 27.1. The molecule has 1 N–H and O–H groups in total. The van der Waals surface area contributed by atoms with Crippen LogP contribution in [-0.2, 0) is 17.8 Å². The molecule has 4 aromatic rings. The molecular formula is C22H17ClFN7O3. The van der Waals surface area contributed by atoms with Crippen LogP contribution in [0.15, 0.2) is 48.9 Å². The highest BCUT2D eigenvalue weighted by atomic mass is 35.5. The molecule has 0 saturated carbocycles. The number of rotatable bonds is 7. The van der Waals surface area contributed by atoms with Gasteiger partial charge in [0, 0.05) is 30.1 Å². The molecule has 4 rings (SSSR count). The first-order valence-corrected chi connectivity index (χ1v) is 10.5. The summed E-state index contributed by atoms with van der Waals surface area (Å²) in [6.07, 6.45) is 4.62. The van der Waals surface area contributed by atoms with E-state index < -0.39 is 10.7 Å². The average Bonchev–Trinajstić information content (AvgIpc) is 3.38. The van der Waals surface area contributed by atoms with E-state index in [4.69, 9.17) is 16.9 Å². The Labute approximate surface area is 197 Å². The predicted molar refractivity (Wildman–Crippen MR) is 121 cm³/mol. The second kappa shape index (κ2) is 9.29. The molecule has 3 aromatic heterocycles. The van der Waals surface area contributed by atoms with E-state index in [1.54, 1.807) is 29.2 Å². The second-order valence-electron chi connectivity index (χ2n) is 7.64. The van der Waals surface area contributed by atoms with Crippen molar-refractivity contribution in [1.82, 2.24) is 24.5 Å². The van der Waals surface area contributed by atoms with Crippen molar-refractivity contribution in [1.29, 1.82) is 5.26 Å². The molecule has 0 saturated heterocycles. The van der Waals surface area contributed by atoms with E-state index in [9.17, 15) is 19.3 Å². The zero-order valence-electron chi connectivity index (χ0n) is 17.8. The summed E-state index contributed by atoms with van der Waals surface area (Å²) in [5.74, 6) is -0.986. The van der Waals surface area contributed by atoms with Crippen molar-refractivity contribution in [3.8, 4) is 17.3 Å². The zero-order valence-corrected chi connectivity index (χ0v) is 18.5. The number of nitrogens with zero attached hydrogens (tertiary/aromatic N) is 6. The summed E-state index contributed by atoms with van der Waals surface area (Å²) in [6, 6.07) is 8.67. The summed E-state index contributed by atoms with van der Waals surface area (Å²) in [6.45, 7) is 2.17. The van der Waals surface area contributed by atoms with Crippen molar-refractivity contribution in [2.24, 2.45) is 0 Å². The van der Waals surface area contributed by atoms with Crippen LogP contribution in [0.3, 0.4) is 0 Å². The molecule has 1 atom stereocenters. The quantitative estimate of drug-likeness (QED) is 0.317. The SMILES string of the molecule is C[C@@H](Cn1ccc(-c2cc(F)c(C#N)c(Cl)c2)n1)NC(=O)Cc1cn2cc([N+](=O)[O-])ccc2n1. The highest BCUT2D eigenvalue weighted by molar-refractivity contribution is 6.32. The number of imidazole rings is 1. The number of nitro groups is 1. The van der Waals surface area contributed by atoms with Gasteiger partial charge in [-0.15, -0.1) is 0 Å². The number of hydrogen-bond acceptors (Lipinski definition) is 6. The monoisotopic (exact) mass is 481 g/mol. The molecule has 10 nitrogen and oxygen atoms in total. The van der Waals surface area contributed by atoms with E-state index in [1.807, 2.05) is 6.92 Å². The lowest BCUT2D eigenvalue weighted by molar-refractivity contribution is -0.385. The Morgan fingerprint density at radius 2 is 2.15 bits per heavy atom. The highest BCUT2D eigenvalue weighted by Gasteiger charge is 2.15. The Morgan fingerprint density at radius 1 is 1.35 bits per heavy atom. The molecule has 1 aromatic carbocycles. The van der Waals surface area contributed by atoms with Gasteiger partial charge in [0.05, 0.1) is 40.5 Å². The number of carbonyl (C=O) groups excluding carboxylic acids is 1. The molecule has 3 heterocycles. The topological polar surface area (TPSA) is 131 Å². The van der Waals surface area contributed by atoms with Gasteiger partial charge in [0.1, 0.15) is 23.1 Å². The van der Waals surface area contributed by atoms with E-state index in [0.717, 1.165) is 0 Å². The predicted octanol–water partition coefficient (Wildman–Crippen LogP) is 3.52. The fraction of sp³-hybridized carbons (Fsp3) is 0.182. The number of nitriles is 1. The third-order valence-corrected chi connectivity index (χ3v) is 5.29. The molecule has 34 heavy (non-hydrogen) atoms. The van der Waals surface area contributed by atoms with Gasteiger partial charge >= 0.3 is 0 Å². The largest absolute Gasteiger partial charge is 0.351 e. The van der Waals surface area contributed by atoms with Crippen molar-refractivity contribution in [2.75, 3.05) is 0 Å². The van der Waals surface area contributed by atoms with Crippen LogP contribution in [0.1, 0.15) is 18.2 Å². The average molecular weight is 482 g/mol. The minimum Gasteiger partial charge on any atom is -0.351 e. The molecule has 0 radical (unpaired) electrons. The van der Waals surface area contributed by atoms with Crippen LogP contribution >= 0.6 is 11.6 Å². The molecule has 0 fully saturated rings. The van der Waals surface area contributed by atoms with Gasteiger partial charge in [0.15, 0.2) is 0 Å². The number of hydrogen-bond donors (Lipinski definition) is 1. The van der Waals surface area contributed by atoms with Gasteiger partial charge in [-0.1, -0.05) is 11.6 Å². The van der Waals surface area contributed by atoms with Crippen LogP contribution in [0.4, 0.5) is 10.1 Å². The second-order valence-corrected chi connectivity index (χ2v) is 8.04. The Kier molecular flexibility index (Phi) is 6.25.